The van der Waals surface area contributed by atoms with Crippen LogP contribution in [0.5, 0.6) is 0 Å². The summed E-state index contributed by atoms with van der Waals surface area (Å²) in [6.45, 7) is 4.83. The summed E-state index contributed by atoms with van der Waals surface area (Å²) in [5, 5.41) is 7.35. The van der Waals surface area contributed by atoms with Gasteiger partial charge in [-0.05, 0) is 13.8 Å². The zero-order valence-corrected chi connectivity index (χ0v) is 7.91. The molecule has 0 aromatic heterocycles. The molecule has 0 bridgehead atoms. The third-order valence-electron chi connectivity index (χ3n) is 1.79. The van der Waals surface area contributed by atoms with Gasteiger partial charge in [0, 0.05) is 19.5 Å². The van der Waals surface area contributed by atoms with Crippen LogP contribution in [0, 0.1) is 5.41 Å². The SMILES string of the molecule is CCN(CC)C(=N)CCC(F)(F)F. The summed E-state index contributed by atoms with van der Waals surface area (Å²) in [5.74, 6) is 0.0716. The molecule has 0 amide bonds. The number of amidine groups is 1. The first kappa shape index (κ1) is 12.3. The third kappa shape index (κ3) is 5.49. The molecule has 0 radical (unpaired) electrons. The van der Waals surface area contributed by atoms with Gasteiger partial charge in [0.25, 0.3) is 0 Å². The van der Waals surface area contributed by atoms with Crippen molar-refractivity contribution >= 4 is 5.84 Å². The Balaban J connectivity index is 3.86. The van der Waals surface area contributed by atoms with Crippen LogP contribution >= 0.6 is 0 Å². The van der Waals surface area contributed by atoms with E-state index in [2.05, 4.69) is 0 Å². The molecule has 0 unspecified atom stereocenters. The van der Waals surface area contributed by atoms with Gasteiger partial charge in [0.2, 0.25) is 0 Å². The summed E-state index contributed by atoms with van der Waals surface area (Å²) < 4.78 is 35.3. The van der Waals surface area contributed by atoms with E-state index in [1.807, 2.05) is 13.8 Å². The van der Waals surface area contributed by atoms with E-state index < -0.39 is 12.6 Å². The molecule has 0 heterocycles. The number of alkyl halides is 3. The summed E-state index contributed by atoms with van der Waals surface area (Å²) in [6, 6.07) is 0. The molecule has 5 heteroatoms. The van der Waals surface area contributed by atoms with E-state index in [0.717, 1.165) is 0 Å². The monoisotopic (exact) mass is 196 g/mol. The Morgan fingerprint density at radius 3 is 2.00 bits per heavy atom. The van der Waals surface area contributed by atoms with Gasteiger partial charge in [-0.15, -0.1) is 0 Å². The number of hydrogen-bond acceptors (Lipinski definition) is 1. The average Bonchev–Trinajstić information content (AvgIpc) is 2.02. The average molecular weight is 196 g/mol. The zero-order chi connectivity index (χ0) is 10.5. The van der Waals surface area contributed by atoms with Crippen LogP contribution in [0.1, 0.15) is 26.7 Å². The predicted octanol–water partition coefficient (Wildman–Crippen LogP) is 2.65. The van der Waals surface area contributed by atoms with E-state index >= 15 is 0 Å². The van der Waals surface area contributed by atoms with Crippen LogP contribution in [-0.4, -0.2) is 30.0 Å². The van der Waals surface area contributed by atoms with Crippen molar-refractivity contribution in [3.05, 3.63) is 0 Å². The van der Waals surface area contributed by atoms with Crippen LogP contribution in [0.2, 0.25) is 0 Å². The first-order valence-corrected chi connectivity index (χ1v) is 4.29. The van der Waals surface area contributed by atoms with E-state index in [0.29, 0.717) is 13.1 Å². The van der Waals surface area contributed by atoms with Gasteiger partial charge in [0.05, 0.1) is 12.3 Å². The molecule has 78 valence electrons. The Bertz CT molecular complexity index is 161. The highest BCUT2D eigenvalue weighted by atomic mass is 19.4. The standard InChI is InChI=1S/C8H15F3N2/c1-3-13(4-2)7(12)5-6-8(9,10)11/h12H,3-6H2,1-2H3. The van der Waals surface area contributed by atoms with Crippen LogP contribution in [-0.2, 0) is 0 Å². The summed E-state index contributed by atoms with van der Waals surface area (Å²) in [4.78, 5) is 1.62. The first-order chi connectivity index (χ1) is 5.90. The fraction of sp³-hybridized carbons (Fsp3) is 0.875. The topological polar surface area (TPSA) is 27.1 Å². The number of hydrogen-bond donors (Lipinski definition) is 1. The van der Waals surface area contributed by atoms with Gasteiger partial charge in [-0.2, -0.15) is 13.2 Å². The Morgan fingerprint density at radius 1 is 1.23 bits per heavy atom. The Kier molecular flexibility index (Phi) is 4.80. The second kappa shape index (κ2) is 5.09. The smallest absolute Gasteiger partial charge is 0.361 e. The lowest BCUT2D eigenvalue weighted by Gasteiger charge is -2.21. The van der Waals surface area contributed by atoms with Crippen molar-refractivity contribution in [2.24, 2.45) is 0 Å². The number of nitrogens with zero attached hydrogens (tertiary/aromatic N) is 1. The molecule has 0 rings (SSSR count). The van der Waals surface area contributed by atoms with Gasteiger partial charge in [0.15, 0.2) is 0 Å². The molecule has 0 aromatic rings. The fourth-order valence-electron chi connectivity index (χ4n) is 1.02. The van der Waals surface area contributed by atoms with E-state index in [1.165, 1.54) is 0 Å². The maximum absolute atomic E-state index is 11.8. The summed E-state index contributed by atoms with van der Waals surface area (Å²) in [5.41, 5.74) is 0. The van der Waals surface area contributed by atoms with Gasteiger partial charge in [-0.25, -0.2) is 0 Å². The molecular weight excluding hydrogens is 181 g/mol. The Morgan fingerprint density at radius 2 is 1.69 bits per heavy atom. The lowest BCUT2D eigenvalue weighted by molar-refractivity contribution is -0.133. The van der Waals surface area contributed by atoms with E-state index in [4.69, 9.17) is 5.41 Å². The maximum atomic E-state index is 11.8. The van der Waals surface area contributed by atoms with Crippen molar-refractivity contribution in [3.63, 3.8) is 0 Å². The molecule has 1 N–H and O–H groups in total. The van der Waals surface area contributed by atoms with Gasteiger partial charge in [-0.3, -0.25) is 5.41 Å². The van der Waals surface area contributed by atoms with Crippen molar-refractivity contribution in [2.45, 2.75) is 32.9 Å². The highest BCUT2D eigenvalue weighted by molar-refractivity contribution is 5.79. The van der Waals surface area contributed by atoms with Gasteiger partial charge >= 0.3 is 6.18 Å². The summed E-state index contributed by atoms with van der Waals surface area (Å²) >= 11 is 0. The maximum Gasteiger partial charge on any atom is 0.389 e. The number of nitrogens with one attached hydrogen (secondary N) is 1. The predicted molar refractivity (Wildman–Crippen MR) is 45.9 cm³/mol. The molecule has 0 atom stereocenters. The normalized spacial score (nSPS) is 11.5. The number of halogens is 3. The molecule has 0 saturated carbocycles. The van der Waals surface area contributed by atoms with Crippen LogP contribution in [0.3, 0.4) is 0 Å². The molecule has 0 aromatic carbocycles. The molecule has 0 aliphatic heterocycles. The third-order valence-corrected chi connectivity index (χ3v) is 1.79. The van der Waals surface area contributed by atoms with Crippen LogP contribution in [0.25, 0.3) is 0 Å². The molecule has 13 heavy (non-hydrogen) atoms. The fourth-order valence-corrected chi connectivity index (χ4v) is 1.02. The largest absolute Gasteiger partial charge is 0.389 e. The molecule has 0 fully saturated rings. The molecule has 0 saturated heterocycles. The van der Waals surface area contributed by atoms with Crippen molar-refractivity contribution in [1.82, 2.24) is 4.90 Å². The quantitative estimate of drug-likeness (QED) is 0.543. The van der Waals surface area contributed by atoms with Gasteiger partial charge < -0.3 is 4.90 Å². The van der Waals surface area contributed by atoms with Crippen LogP contribution in [0.4, 0.5) is 13.2 Å². The minimum Gasteiger partial charge on any atom is -0.361 e. The lowest BCUT2D eigenvalue weighted by atomic mass is 10.2. The summed E-state index contributed by atoms with van der Waals surface area (Å²) in [6.07, 6.45) is -5.27. The molecule has 0 spiro atoms. The van der Waals surface area contributed by atoms with Crippen molar-refractivity contribution in [1.29, 1.82) is 5.41 Å². The van der Waals surface area contributed by atoms with Gasteiger partial charge in [-0.1, -0.05) is 0 Å². The second-order valence-corrected chi connectivity index (χ2v) is 2.73. The minimum atomic E-state index is -4.15. The first-order valence-electron chi connectivity index (χ1n) is 4.29. The van der Waals surface area contributed by atoms with Crippen molar-refractivity contribution in [3.8, 4) is 0 Å². The van der Waals surface area contributed by atoms with Gasteiger partial charge in [0.1, 0.15) is 0 Å². The molecular formula is C8H15F3N2. The minimum absolute atomic E-state index is 0.0716. The second-order valence-electron chi connectivity index (χ2n) is 2.73. The Labute approximate surface area is 76.2 Å². The summed E-state index contributed by atoms with van der Waals surface area (Å²) in [7, 11) is 0. The molecule has 2 nitrogen and oxygen atoms in total. The van der Waals surface area contributed by atoms with Crippen LogP contribution < -0.4 is 0 Å². The van der Waals surface area contributed by atoms with Crippen LogP contribution in [0.15, 0.2) is 0 Å². The highest BCUT2D eigenvalue weighted by Crippen LogP contribution is 2.21. The lowest BCUT2D eigenvalue weighted by Crippen LogP contribution is -2.30. The van der Waals surface area contributed by atoms with E-state index in [1.54, 1.807) is 4.90 Å². The van der Waals surface area contributed by atoms with Crippen molar-refractivity contribution in [2.75, 3.05) is 13.1 Å². The van der Waals surface area contributed by atoms with Crippen molar-refractivity contribution < 1.29 is 13.2 Å². The van der Waals surface area contributed by atoms with E-state index in [-0.39, 0.29) is 12.3 Å². The highest BCUT2D eigenvalue weighted by Gasteiger charge is 2.27. The van der Waals surface area contributed by atoms with E-state index in [9.17, 15) is 13.2 Å². The Hall–Kier alpha value is -0.740. The number of rotatable bonds is 4. The molecule has 0 aliphatic rings. The zero-order valence-electron chi connectivity index (χ0n) is 7.91. The molecule has 0 aliphatic carbocycles.